The standard InChI is InChI=1S/C20H17NO6/c1-26-14-6-4-13(5-7-14)21-11-12(3-8-18(23)24)16-9-15(27-2)10-17(22)19(16)20(21)25/h3-11,22H,1-2H3,(H,23,24). The molecule has 0 aliphatic rings. The number of aliphatic carboxylic acids is 1. The number of phenolic OH excluding ortho intramolecular Hbond substituents is 1. The summed E-state index contributed by atoms with van der Waals surface area (Å²) in [5.41, 5.74) is 0.544. The molecule has 0 spiro atoms. The largest absolute Gasteiger partial charge is 0.507 e. The highest BCUT2D eigenvalue weighted by Crippen LogP contribution is 2.31. The van der Waals surface area contributed by atoms with Gasteiger partial charge in [0.25, 0.3) is 5.56 Å². The van der Waals surface area contributed by atoms with Crippen LogP contribution in [0.4, 0.5) is 0 Å². The van der Waals surface area contributed by atoms with E-state index in [1.54, 1.807) is 30.3 Å². The van der Waals surface area contributed by atoms with Gasteiger partial charge in [-0.2, -0.15) is 0 Å². The lowest BCUT2D eigenvalue weighted by atomic mass is 10.0. The minimum absolute atomic E-state index is 0.0687. The number of benzene rings is 2. The molecule has 0 saturated heterocycles. The van der Waals surface area contributed by atoms with Gasteiger partial charge in [-0.15, -0.1) is 0 Å². The van der Waals surface area contributed by atoms with Gasteiger partial charge in [-0.3, -0.25) is 9.36 Å². The van der Waals surface area contributed by atoms with Gasteiger partial charge in [-0.05, 0) is 42.0 Å². The Balaban J connectivity index is 2.34. The number of phenols is 1. The number of hydrogen-bond acceptors (Lipinski definition) is 5. The van der Waals surface area contributed by atoms with Gasteiger partial charge < -0.3 is 19.7 Å². The van der Waals surface area contributed by atoms with Crippen LogP contribution in [0.1, 0.15) is 5.56 Å². The summed E-state index contributed by atoms with van der Waals surface area (Å²) < 4.78 is 11.6. The summed E-state index contributed by atoms with van der Waals surface area (Å²) >= 11 is 0. The number of fused-ring (bicyclic) bond motifs is 1. The lowest BCUT2D eigenvalue weighted by Crippen LogP contribution is -2.19. The summed E-state index contributed by atoms with van der Waals surface area (Å²) in [6.45, 7) is 0. The quantitative estimate of drug-likeness (QED) is 0.673. The second-order valence-electron chi connectivity index (χ2n) is 5.70. The molecule has 0 aliphatic heterocycles. The highest BCUT2D eigenvalue weighted by Gasteiger charge is 2.14. The summed E-state index contributed by atoms with van der Waals surface area (Å²) in [4.78, 5) is 23.9. The summed E-state index contributed by atoms with van der Waals surface area (Å²) in [7, 11) is 2.98. The normalized spacial score (nSPS) is 11.0. The second-order valence-corrected chi connectivity index (χ2v) is 5.70. The van der Waals surface area contributed by atoms with Gasteiger partial charge in [0.05, 0.1) is 19.6 Å². The number of carboxylic acid groups (broad SMARTS) is 1. The number of rotatable bonds is 5. The van der Waals surface area contributed by atoms with Gasteiger partial charge in [-0.1, -0.05) is 0 Å². The molecule has 7 heteroatoms. The average molecular weight is 367 g/mol. The molecular weight excluding hydrogens is 350 g/mol. The molecular formula is C20H17NO6. The van der Waals surface area contributed by atoms with Crippen LogP contribution >= 0.6 is 0 Å². The van der Waals surface area contributed by atoms with Crippen LogP contribution in [0.2, 0.25) is 0 Å². The molecule has 7 nitrogen and oxygen atoms in total. The number of hydrogen-bond donors (Lipinski definition) is 2. The number of aromatic nitrogens is 1. The summed E-state index contributed by atoms with van der Waals surface area (Å²) in [6.07, 6.45) is 3.85. The first-order valence-corrected chi connectivity index (χ1v) is 7.96. The number of aromatic hydroxyl groups is 1. The monoisotopic (exact) mass is 367 g/mol. The molecule has 1 heterocycles. The first-order chi connectivity index (χ1) is 12.9. The summed E-state index contributed by atoms with van der Waals surface area (Å²) in [5, 5.41) is 19.8. The zero-order valence-electron chi connectivity index (χ0n) is 14.7. The van der Waals surface area contributed by atoms with E-state index in [-0.39, 0.29) is 11.1 Å². The van der Waals surface area contributed by atoms with Crippen LogP contribution in [-0.4, -0.2) is 35.0 Å². The van der Waals surface area contributed by atoms with Crippen molar-refractivity contribution in [3.8, 4) is 22.9 Å². The number of nitrogens with zero attached hydrogens (tertiary/aromatic N) is 1. The van der Waals surface area contributed by atoms with Crippen molar-refractivity contribution in [1.82, 2.24) is 4.57 Å². The third kappa shape index (κ3) is 3.48. The maximum atomic E-state index is 13.0. The summed E-state index contributed by atoms with van der Waals surface area (Å²) in [5.74, 6) is -0.391. The van der Waals surface area contributed by atoms with Crippen LogP contribution in [0.25, 0.3) is 22.5 Å². The van der Waals surface area contributed by atoms with Crippen LogP contribution < -0.4 is 15.0 Å². The van der Waals surface area contributed by atoms with Gasteiger partial charge in [0.1, 0.15) is 17.2 Å². The fourth-order valence-electron chi connectivity index (χ4n) is 2.79. The SMILES string of the molecule is COc1ccc(-n2cc(C=CC(=O)O)c3cc(OC)cc(O)c3c2=O)cc1. The molecule has 0 amide bonds. The second kappa shape index (κ2) is 7.25. The van der Waals surface area contributed by atoms with Crippen LogP contribution in [-0.2, 0) is 4.79 Å². The Hall–Kier alpha value is -3.74. The predicted molar refractivity (Wildman–Crippen MR) is 101 cm³/mol. The van der Waals surface area contributed by atoms with E-state index in [1.807, 2.05) is 0 Å². The van der Waals surface area contributed by atoms with Crippen molar-refractivity contribution in [3.05, 3.63) is 64.6 Å². The maximum absolute atomic E-state index is 13.0. The smallest absolute Gasteiger partial charge is 0.328 e. The Labute approximate surface area is 154 Å². The topological polar surface area (TPSA) is 98.0 Å². The molecule has 0 saturated carbocycles. The maximum Gasteiger partial charge on any atom is 0.328 e. The van der Waals surface area contributed by atoms with Gasteiger partial charge >= 0.3 is 5.97 Å². The third-order valence-electron chi connectivity index (χ3n) is 4.09. The molecule has 0 unspecified atom stereocenters. The Morgan fingerprint density at radius 2 is 1.74 bits per heavy atom. The first-order valence-electron chi connectivity index (χ1n) is 7.96. The van der Waals surface area contributed by atoms with Crippen molar-refractivity contribution >= 4 is 22.8 Å². The Bertz CT molecular complexity index is 1100. The fourth-order valence-corrected chi connectivity index (χ4v) is 2.79. The van der Waals surface area contributed by atoms with Crippen molar-refractivity contribution in [3.63, 3.8) is 0 Å². The van der Waals surface area contributed by atoms with E-state index in [9.17, 15) is 14.7 Å². The molecule has 3 rings (SSSR count). The molecule has 0 bridgehead atoms. The predicted octanol–water partition coefficient (Wildman–Crippen LogP) is 2.81. The molecule has 2 aromatic carbocycles. The van der Waals surface area contributed by atoms with E-state index in [2.05, 4.69) is 0 Å². The molecule has 0 radical (unpaired) electrons. The van der Waals surface area contributed by atoms with Crippen molar-refractivity contribution < 1.29 is 24.5 Å². The number of pyridine rings is 1. The zero-order chi connectivity index (χ0) is 19.6. The van der Waals surface area contributed by atoms with E-state index in [1.165, 1.54) is 37.1 Å². The Morgan fingerprint density at radius 3 is 2.33 bits per heavy atom. The number of carboxylic acids is 1. The van der Waals surface area contributed by atoms with Gasteiger partial charge in [0.15, 0.2) is 0 Å². The van der Waals surface area contributed by atoms with E-state index >= 15 is 0 Å². The van der Waals surface area contributed by atoms with Crippen molar-refractivity contribution in [2.75, 3.05) is 14.2 Å². The van der Waals surface area contributed by atoms with Gasteiger partial charge in [0, 0.05) is 29.4 Å². The van der Waals surface area contributed by atoms with E-state index < -0.39 is 11.5 Å². The molecule has 2 N–H and O–H groups in total. The van der Waals surface area contributed by atoms with Crippen LogP contribution in [0.15, 0.2) is 53.5 Å². The highest BCUT2D eigenvalue weighted by atomic mass is 16.5. The first kappa shape index (κ1) is 18.1. The Morgan fingerprint density at radius 1 is 1.07 bits per heavy atom. The summed E-state index contributed by atoms with van der Waals surface area (Å²) in [6, 6.07) is 9.71. The molecule has 138 valence electrons. The number of carbonyl (C=O) groups is 1. The molecule has 1 aromatic heterocycles. The van der Waals surface area contributed by atoms with Crippen LogP contribution in [0.5, 0.6) is 17.2 Å². The van der Waals surface area contributed by atoms with Gasteiger partial charge in [-0.25, -0.2) is 4.79 Å². The number of ether oxygens (including phenoxy) is 2. The average Bonchev–Trinajstić information content (AvgIpc) is 2.67. The molecule has 0 atom stereocenters. The van der Waals surface area contributed by atoms with E-state index in [4.69, 9.17) is 14.6 Å². The molecule has 0 aliphatic carbocycles. The Kier molecular flexibility index (Phi) is 4.85. The van der Waals surface area contributed by atoms with E-state index in [0.29, 0.717) is 28.1 Å². The fraction of sp³-hybridized carbons (Fsp3) is 0.100. The molecule has 3 aromatic rings. The number of methoxy groups -OCH3 is 2. The lowest BCUT2D eigenvalue weighted by Gasteiger charge is -2.13. The molecule has 0 fully saturated rings. The zero-order valence-corrected chi connectivity index (χ0v) is 14.7. The minimum atomic E-state index is -1.13. The van der Waals surface area contributed by atoms with Crippen molar-refractivity contribution in [1.29, 1.82) is 0 Å². The van der Waals surface area contributed by atoms with Crippen molar-refractivity contribution in [2.45, 2.75) is 0 Å². The van der Waals surface area contributed by atoms with Gasteiger partial charge in [0.2, 0.25) is 0 Å². The minimum Gasteiger partial charge on any atom is -0.507 e. The third-order valence-corrected chi connectivity index (χ3v) is 4.09. The highest BCUT2D eigenvalue weighted by molar-refractivity contribution is 5.97. The lowest BCUT2D eigenvalue weighted by molar-refractivity contribution is -0.131. The van der Waals surface area contributed by atoms with Crippen LogP contribution in [0.3, 0.4) is 0 Å². The van der Waals surface area contributed by atoms with Crippen LogP contribution in [0, 0.1) is 0 Å². The van der Waals surface area contributed by atoms with Crippen molar-refractivity contribution in [2.24, 2.45) is 0 Å². The van der Waals surface area contributed by atoms with E-state index in [0.717, 1.165) is 6.08 Å². The molecule has 27 heavy (non-hydrogen) atoms.